The van der Waals surface area contributed by atoms with E-state index in [0.29, 0.717) is 51.0 Å². The number of likely N-dealkylation sites (tertiary alicyclic amines) is 1. The normalized spacial score (nSPS) is 15.9. The lowest BCUT2D eigenvalue weighted by Crippen LogP contribution is -2.53. The molecule has 1 heterocycles. The first-order chi connectivity index (χ1) is 16.4. The molecule has 2 atom stereocenters. The van der Waals surface area contributed by atoms with E-state index in [9.17, 15) is 9.59 Å². The molecule has 3 rings (SSSR count). The maximum atomic E-state index is 13.5. The summed E-state index contributed by atoms with van der Waals surface area (Å²) < 4.78 is 0. The van der Waals surface area contributed by atoms with Crippen LogP contribution >= 0.6 is 0 Å². The average molecular weight is 478 g/mol. The van der Waals surface area contributed by atoms with Gasteiger partial charge in [-0.1, -0.05) is 48.5 Å². The number of nitrogens with one attached hydrogen (secondary N) is 2. The molecule has 0 saturated carbocycles. The standard InChI is InChI=1S/C25H33N6O2Si/c26-16-23(34)20-8-4-5-9-21(20)31(17-32)22(11-10-18-6-2-1-3-7-18)24(33)29-19-12-14-30(15-13-19)25(27)28/h1-9,17,19,22-23H,10-16,26H2,(H3,27,28)(H,29,33)/t22?,23-/m1/s1. The highest BCUT2D eigenvalue weighted by Gasteiger charge is 2.31. The van der Waals surface area contributed by atoms with Crippen LogP contribution in [0.3, 0.4) is 0 Å². The van der Waals surface area contributed by atoms with Gasteiger partial charge in [0, 0.05) is 35.1 Å². The SMILES string of the molecule is N=C(N)N1CCC(NC(=O)C(CCc2ccccc2)N(C=O)c2ccccc2[C@H]([Si])CN)CC1. The Labute approximate surface area is 204 Å². The molecule has 0 bridgehead atoms. The largest absolute Gasteiger partial charge is 0.370 e. The summed E-state index contributed by atoms with van der Waals surface area (Å²) in [6, 6.07) is 16.7. The van der Waals surface area contributed by atoms with Crippen LogP contribution in [0.25, 0.3) is 0 Å². The van der Waals surface area contributed by atoms with Crippen LogP contribution in [0.1, 0.15) is 35.9 Å². The number of para-hydroxylation sites is 1. The third kappa shape index (κ3) is 6.45. The Morgan fingerprint density at radius 2 is 1.82 bits per heavy atom. The first-order valence-corrected chi connectivity index (χ1v) is 12.2. The fourth-order valence-electron chi connectivity index (χ4n) is 4.35. The van der Waals surface area contributed by atoms with Gasteiger partial charge in [0.15, 0.2) is 5.96 Å². The summed E-state index contributed by atoms with van der Waals surface area (Å²) in [5.74, 6) is -0.129. The van der Waals surface area contributed by atoms with E-state index in [0.717, 1.165) is 17.5 Å². The number of carbonyl (C=O) groups is 2. The maximum Gasteiger partial charge on any atom is 0.243 e. The lowest BCUT2D eigenvalue weighted by Gasteiger charge is -2.35. The van der Waals surface area contributed by atoms with Gasteiger partial charge < -0.3 is 26.6 Å². The number of benzene rings is 2. The molecule has 0 aliphatic carbocycles. The van der Waals surface area contributed by atoms with Crippen LogP contribution in [0.5, 0.6) is 0 Å². The van der Waals surface area contributed by atoms with Gasteiger partial charge in [-0.05, 0) is 55.0 Å². The molecule has 1 fully saturated rings. The molecule has 2 aromatic carbocycles. The second kappa shape index (κ2) is 12.3. The molecule has 3 radical (unpaired) electrons. The van der Waals surface area contributed by atoms with Crippen molar-refractivity contribution >= 4 is 34.2 Å². The van der Waals surface area contributed by atoms with Crippen molar-refractivity contribution in [1.82, 2.24) is 10.2 Å². The molecule has 1 aliphatic heterocycles. The zero-order valence-corrected chi connectivity index (χ0v) is 20.3. The van der Waals surface area contributed by atoms with Gasteiger partial charge in [-0.25, -0.2) is 0 Å². The van der Waals surface area contributed by atoms with Crippen molar-refractivity contribution < 1.29 is 9.59 Å². The minimum absolute atomic E-state index is 0.0290. The number of hydrogen-bond acceptors (Lipinski definition) is 4. The Morgan fingerprint density at radius 3 is 2.44 bits per heavy atom. The Morgan fingerprint density at radius 1 is 1.18 bits per heavy atom. The highest BCUT2D eigenvalue weighted by atomic mass is 28.1. The van der Waals surface area contributed by atoms with Crippen molar-refractivity contribution in [2.45, 2.75) is 43.3 Å². The van der Waals surface area contributed by atoms with Gasteiger partial charge in [-0.15, -0.1) is 0 Å². The Kier molecular flexibility index (Phi) is 9.23. The number of hydrogen-bond donors (Lipinski definition) is 4. The molecule has 9 heteroatoms. The van der Waals surface area contributed by atoms with E-state index >= 15 is 0 Å². The second-order valence-electron chi connectivity index (χ2n) is 8.56. The van der Waals surface area contributed by atoms with Crippen molar-refractivity contribution in [3.63, 3.8) is 0 Å². The van der Waals surface area contributed by atoms with E-state index in [4.69, 9.17) is 16.9 Å². The number of guanidine groups is 1. The zero-order chi connectivity index (χ0) is 24.5. The maximum absolute atomic E-state index is 13.5. The van der Waals surface area contributed by atoms with Crippen LogP contribution in [-0.4, -0.2) is 65.1 Å². The van der Waals surface area contributed by atoms with Gasteiger partial charge in [-0.2, -0.15) is 0 Å². The van der Waals surface area contributed by atoms with Gasteiger partial charge >= 0.3 is 0 Å². The van der Waals surface area contributed by atoms with Gasteiger partial charge in [0.25, 0.3) is 0 Å². The summed E-state index contributed by atoms with van der Waals surface area (Å²) in [7, 11) is 3.65. The van der Waals surface area contributed by atoms with Crippen LogP contribution in [-0.2, 0) is 16.0 Å². The Hall–Kier alpha value is -3.17. The van der Waals surface area contributed by atoms with Crippen molar-refractivity contribution in [3.8, 4) is 0 Å². The van der Waals surface area contributed by atoms with Gasteiger partial charge in [0.2, 0.25) is 12.3 Å². The molecule has 6 N–H and O–H groups in total. The quantitative estimate of drug-likeness (QED) is 0.177. The minimum atomic E-state index is -0.679. The number of aryl methyl sites for hydroxylation is 1. The number of anilines is 1. The predicted molar refractivity (Wildman–Crippen MR) is 136 cm³/mol. The molecule has 2 aromatic rings. The Bertz CT molecular complexity index is 965. The summed E-state index contributed by atoms with van der Waals surface area (Å²) in [6.07, 6.45) is 3.27. The second-order valence-corrected chi connectivity index (χ2v) is 9.25. The number of carbonyl (C=O) groups excluding carboxylic acids is 2. The number of rotatable bonds is 10. The van der Waals surface area contributed by atoms with Crippen LogP contribution in [0, 0.1) is 5.41 Å². The first-order valence-electron chi connectivity index (χ1n) is 11.6. The highest BCUT2D eigenvalue weighted by Crippen LogP contribution is 2.28. The van der Waals surface area contributed by atoms with Crippen molar-refractivity contribution in [2.75, 3.05) is 24.5 Å². The number of amides is 2. The lowest BCUT2D eigenvalue weighted by molar-refractivity contribution is -0.125. The zero-order valence-electron chi connectivity index (χ0n) is 19.3. The molecule has 0 aromatic heterocycles. The predicted octanol–water partition coefficient (Wildman–Crippen LogP) is 1.29. The van der Waals surface area contributed by atoms with Crippen LogP contribution in [0.2, 0.25) is 0 Å². The van der Waals surface area contributed by atoms with Crippen LogP contribution < -0.4 is 21.7 Å². The number of piperidine rings is 1. The van der Waals surface area contributed by atoms with E-state index in [1.807, 2.05) is 54.6 Å². The number of nitrogens with zero attached hydrogens (tertiary/aromatic N) is 2. The van der Waals surface area contributed by atoms with Crippen molar-refractivity contribution in [1.29, 1.82) is 5.41 Å². The van der Waals surface area contributed by atoms with E-state index in [2.05, 4.69) is 15.6 Å². The van der Waals surface area contributed by atoms with E-state index in [1.54, 1.807) is 4.90 Å². The van der Waals surface area contributed by atoms with Gasteiger partial charge in [0.1, 0.15) is 6.04 Å². The minimum Gasteiger partial charge on any atom is -0.370 e. The third-order valence-corrected chi connectivity index (χ3v) is 6.86. The summed E-state index contributed by atoms with van der Waals surface area (Å²) in [5.41, 5.74) is 14.0. The van der Waals surface area contributed by atoms with Crippen LogP contribution in [0.15, 0.2) is 54.6 Å². The molecule has 2 amide bonds. The van der Waals surface area contributed by atoms with Crippen LogP contribution in [0.4, 0.5) is 5.69 Å². The highest BCUT2D eigenvalue weighted by molar-refractivity contribution is 6.13. The fourth-order valence-corrected chi connectivity index (χ4v) is 4.59. The van der Waals surface area contributed by atoms with Gasteiger partial charge in [-0.3, -0.25) is 15.0 Å². The third-order valence-electron chi connectivity index (χ3n) is 6.31. The van der Waals surface area contributed by atoms with E-state index in [-0.39, 0.29) is 23.4 Å². The topological polar surface area (TPSA) is 129 Å². The monoisotopic (exact) mass is 477 g/mol. The molecular formula is C25H33N6O2Si. The molecule has 34 heavy (non-hydrogen) atoms. The Balaban J connectivity index is 1.83. The summed E-state index contributed by atoms with van der Waals surface area (Å²) in [5, 5.41) is 10.8. The molecule has 1 saturated heterocycles. The summed E-state index contributed by atoms with van der Waals surface area (Å²) >= 11 is 0. The van der Waals surface area contributed by atoms with E-state index in [1.165, 1.54) is 4.90 Å². The molecule has 0 spiro atoms. The van der Waals surface area contributed by atoms with Crippen molar-refractivity contribution in [2.24, 2.45) is 11.5 Å². The molecule has 1 unspecified atom stereocenters. The smallest absolute Gasteiger partial charge is 0.243 e. The fraction of sp³-hybridized carbons (Fsp3) is 0.400. The first kappa shape index (κ1) is 25.4. The van der Waals surface area contributed by atoms with Gasteiger partial charge in [0.05, 0.1) is 0 Å². The number of nitrogens with two attached hydrogens (primary N) is 2. The molecule has 1 aliphatic rings. The summed E-state index contributed by atoms with van der Waals surface area (Å²) in [6.45, 7) is 1.60. The molecule has 179 valence electrons. The molecular weight excluding hydrogens is 444 g/mol. The average Bonchev–Trinajstić information content (AvgIpc) is 2.87. The van der Waals surface area contributed by atoms with Crippen molar-refractivity contribution in [3.05, 3.63) is 65.7 Å². The summed E-state index contributed by atoms with van der Waals surface area (Å²) in [4.78, 5) is 29.3. The lowest BCUT2D eigenvalue weighted by atomic mass is 9.99. The molecule has 8 nitrogen and oxygen atoms in total. The van der Waals surface area contributed by atoms with E-state index < -0.39 is 6.04 Å².